The summed E-state index contributed by atoms with van der Waals surface area (Å²) in [4.78, 5) is 50.6. The molecule has 0 fully saturated rings. The Hall–Kier alpha value is -6.18. The van der Waals surface area contributed by atoms with Gasteiger partial charge >= 0.3 is 12.4 Å². The van der Waals surface area contributed by atoms with Crippen molar-refractivity contribution in [2.75, 3.05) is 9.80 Å². The largest absolute Gasteiger partial charge is 0.457 e. The second kappa shape index (κ2) is 12.6. The fourth-order valence-electron chi connectivity index (χ4n) is 5.79. The fourth-order valence-corrected chi connectivity index (χ4v) is 5.79. The van der Waals surface area contributed by atoms with Gasteiger partial charge in [-0.15, -0.1) is 0 Å². The van der Waals surface area contributed by atoms with Crippen LogP contribution in [0.4, 0.5) is 37.7 Å². The van der Waals surface area contributed by atoms with Crippen molar-refractivity contribution < 1.29 is 55.0 Å². The summed E-state index contributed by atoms with van der Waals surface area (Å²) in [7, 11) is 0. The second-order valence-corrected chi connectivity index (χ2v) is 11.6. The van der Waals surface area contributed by atoms with Crippen LogP contribution in [0.1, 0.15) is 25.0 Å². The van der Waals surface area contributed by atoms with Crippen LogP contribution in [0.2, 0.25) is 0 Å². The monoisotopic (exact) mass is 706 g/mol. The molecule has 0 aromatic heterocycles. The lowest BCUT2D eigenvalue weighted by molar-refractivity contribution is -0.288. The molecule has 0 atom stereocenters. The number of benzene rings is 4. The predicted molar refractivity (Wildman–Crippen MR) is 171 cm³/mol. The number of carbonyl (C=O) groups is 4. The second-order valence-electron chi connectivity index (χ2n) is 11.6. The number of nitrogens with zero attached hydrogens (tertiary/aromatic N) is 2. The molecule has 4 aromatic carbocycles. The van der Waals surface area contributed by atoms with Gasteiger partial charge in [0.1, 0.15) is 23.0 Å². The van der Waals surface area contributed by atoms with E-state index in [2.05, 4.69) is 0 Å². The Morgan fingerprint density at radius 3 is 0.961 bits per heavy atom. The van der Waals surface area contributed by atoms with Gasteiger partial charge in [0.05, 0.1) is 11.4 Å². The highest BCUT2D eigenvalue weighted by Gasteiger charge is 2.72. The average Bonchev–Trinajstić information content (AvgIpc) is 3.48. The van der Waals surface area contributed by atoms with Gasteiger partial charge in [0.25, 0.3) is 23.6 Å². The highest BCUT2D eigenvalue weighted by atomic mass is 19.4. The number of hydrogen-bond acceptors (Lipinski definition) is 6. The van der Waals surface area contributed by atoms with E-state index in [1.807, 2.05) is 0 Å². The Morgan fingerprint density at radius 2 is 0.725 bits per heavy atom. The van der Waals surface area contributed by atoms with Gasteiger partial charge in [-0.3, -0.25) is 19.2 Å². The van der Waals surface area contributed by atoms with E-state index in [9.17, 15) is 45.5 Å². The molecule has 0 N–H and O–H groups in total. The zero-order valence-electron chi connectivity index (χ0n) is 26.5. The normalized spacial score (nSPS) is 15.4. The van der Waals surface area contributed by atoms with E-state index in [1.165, 1.54) is 74.5 Å². The van der Waals surface area contributed by atoms with Gasteiger partial charge in [-0.1, -0.05) is 24.3 Å². The standard InChI is InChI=1S/C37H24F6N2O6/c1-21-19-31(46)44(33(21)48)25-7-15-29(16-8-25)50-27-11-3-23(4-12-27)35(36(38,39)40,37(41,42)43)24-5-13-28(14-6-24)51-30-17-9-26(10-18-30)45-32(47)20-22(2)34(45)49/h3-20H,1-2H3. The van der Waals surface area contributed by atoms with Crippen LogP contribution in [0, 0.1) is 0 Å². The number of alkyl halides is 6. The number of anilines is 2. The molecule has 2 aliphatic heterocycles. The number of imide groups is 2. The summed E-state index contributed by atoms with van der Waals surface area (Å²) in [6, 6.07) is 17.8. The van der Waals surface area contributed by atoms with Crippen molar-refractivity contribution in [3.05, 3.63) is 131 Å². The van der Waals surface area contributed by atoms with Gasteiger partial charge in [0.15, 0.2) is 0 Å². The van der Waals surface area contributed by atoms with Crippen LogP contribution in [-0.4, -0.2) is 36.0 Å². The Morgan fingerprint density at radius 1 is 0.451 bits per heavy atom. The zero-order chi connectivity index (χ0) is 36.9. The molecule has 8 nitrogen and oxygen atoms in total. The van der Waals surface area contributed by atoms with Crippen molar-refractivity contribution in [2.24, 2.45) is 0 Å². The van der Waals surface area contributed by atoms with E-state index in [1.54, 1.807) is 0 Å². The Bertz CT molecular complexity index is 1950. The minimum atomic E-state index is -5.84. The lowest BCUT2D eigenvalue weighted by Gasteiger charge is -2.38. The van der Waals surface area contributed by atoms with Crippen LogP contribution < -0.4 is 19.3 Å². The number of carbonyl (C=O) groups excluding carboxylic acids is 4. The lowest BCUT2D eigenvalue weighted by atomic mass is 9.73. The van der Waals surface area contributed by atoms with Gasteiger partial charge in [-0.2, -0.15) is 26.3 Å². The van der Waals surface area contributed by atoms with Crippen molar-refractivity contribution in [3.8, 4) is 23.0 Å². The molecule has 51 heavy (non-hydrogen) atoms. The van der Waals surface area contributed by atoms with Crippen LogP contribution >= 0.6 is 0 Å². The molecule has 2 heterocycles. The van der Waals surface area contributed by atoms with E-state index in [0.29, 0.717) is 24.3 Å². The highest BCUT2D eigenvalue weighted by Crippen LogP contribution is 2.56. The average molecular weight is 707 g/mol. The van der Waals surface area contributed by atoms with Gasteiger partial charge < -0.3 is 9.47 Å². The van der Waals surface area contributed by atoms with Crippen molar-refractivity contribution in [1.82, 2.24) is 0 Å². The maximum absolute atomic E-state index is 14.7. The molecule has 0 aliphatic carbocycles. The van der Waals surface area contributed by atoms with Crippen molar-refractivity contribution >= 4 is 35.0 Å². The molecule has 0 saturated heterocycles. The van der Waals surface area contributed by atoms with Crippen LogP contribution in [0.5, 0.6) is 23.0 Å². The van der Waals surface area contributed by atoms with Crippen LogP contribution in [0.15, 0.2) is 120 Å². The maximum Gasteiger partial charge on any atom is 0.411 e. The Kier molecular flexibility index (Phi) is 8.57. The van der Waals surface area contributed by atoms with E-state index in [4.69, 9.17) is 9.47 Å². The molecule has 0 radical (unpaired) electrons. The summed E-state index contributed by atoms with van der Waals surface area (Å²) < 4.78 is 99.6. The van der Waals surface area contributed by atoms with Gasteiger partial charge in [0.2, 0.25) is 5.41 Å². The van der Waals surface area contributed by atoms with Gasteiger partial charge in [-0.05, 0) is 97.8 Å². The van der Waals surface area contributed by atoms with Crippen molar-refractivity contribution in [1.29, 1.82) is 0 Å². The molecule has 14 heteroatoms. The predicted octanol–water partition coefficient (Wildman–Crippen LogP) is 8.32. The first-order chi connectivity index (χ1) is 24.0. The van der Waals surface area contributed by atoms with Crippen LogP contribution in [0.25, 0.3) is 0 Å². The molecule has 0 spiro atoms. The molecule has 0 unspecified atom stereocenters. The summed E-state index contributed by atoms with van der Waals surface area (Å²) in [5.74, 6) is -1.93. The molecular formula is C37H24F6N2O6. The summed E-state index contributed by atoms with van der Waals surface area (Å²) in [6.45, 7) is 2.98. The van der Waals surface area contributed by atoms with E-state index >= 15 is 0 Å². The maximum atomic E-state index is 14.7. The smallest absolute Gasteiger partial charge is 0.411 e. The lowest BCUT2D eigenvalue weighted by Crippen LogP contribution is -2.54. The van der Waals surface area contributed by atoms with E-state index in [0.717, 1.165) is 34.1 Å². The fraction of sp³-hybridized carbons (Fsp3) is 0.135. The van der Waals surface area contributed by atoms with Gasteiger partial charge in [0, 0.05) is 23.3 Å². The first kappa shape index (κ1) is 34.7. The molecule has 4 amide bonds. The van der Waals surface area contributed by atoms with Crippen LogP contribution in [0.3, 0.4) is 0 Å². The molecule has 260 valence electrons. The minimum absolute atomic E-state index is 0.0739. The summed E-state index contributed by atoms with van der Waals surface area (Å²) in [6.07, 6.45) is -9.30. The quantitative estimate of drug-likeness (QED) is 0.135. The first-order valence-corrected chi connectivity index (χ1v) is 15.0. The molecule has 0 saturated carbocycles. The SMILES string of the molecule is CC1=CC(=O)N(c2ccc(Oc3ccc(C(c4ccc(Oc5ccc(N6C(=O)C=C(C)C6=O)cc5)cc4)(C(F)(F)F)C(F)(F)F)cc3)cc2)C1=O. The zero-order valence-corrected chi connectivity index (χ0v) is 26.5. The summed E-state index contributed by atoms with van der Waals surface area (Å²) in [5, 5.41) is 0. The van der Waals surface area contributed by atoms with Crippen LogP contribution in [-0.2, 0) is 24.6 Å². The third-order valence-electron chi connectivity index (χ3n) is 8.29. The number of ether oxygens (including phenoxy) is 2. The third kappa shape index (κ3) is 6.13. The number of hydrogen-bond donors (Lipinski definition) is 0. The Labute approximate surface area is 285 Å². The summed E-state index contributed by atoms with van der Waals surface area (Å²) in [5.41, 5.74) is -5.65. The first-order valence-electron chi connectivity index (χ1n) is 15.0. The molecular weight excluding hydrogens is 682 g/mol. The molecule has 4 aromatic rings. The number of amides is 4. The van der Waals surface area contributed by atoms with E-state index < -0.39 is 52.5 Å². The molecule has 0 bridgehead atoms. The summed E-state index contributed by atoms with van der Waals surface area (Å²) >= 11 is 0. The third-order valence-corrected chi connectivity index (χ3v) is 8.29. The molecule has 2 aliphatic rings. The van der Waals surface area contributed by atoms with Crippen molar-refractivity contribution in [2.45, 2.75) is 31.6 Å². The van der Waals surface area contributed by atoms with E-state index in [-0.39, 0.29) is 45.5 Å². The van der Waals surface area contributed by atoms with Crippen molar-refractivity contribution in [3.63, 3.8) is 0 Å². The minimum Gasteiger partial charge on any atom is -0.457 e. The highest BCUT2D eigenvalue weighted by molar-refractivity contribution is 6.31. The number of halogens is 6. The Balaban J connectivity index is 1.22. The topological polar surface area (TPSA) is 93.2 Å². The van der Waals surface area contributed by atoms with Gasteiger partial charge in [-0.25, -0.2) is 9.80 Å². The number of rotatable bonds is 8. The molecule has 6 rings (SSSR count).